The third-order valence-electron chi connectivity index (χ3n) is 4.21. The Bertz CT molecular complexity index is 606. The van der Waals surface area contributed by atoms with Crippen LogP contribution in [0.25, 0.3) is 0 Å². The summed E-state index contributed by atoms with van der Waals surface area (Å²) in [5, 5.41) is 4.20. The molecule has 122 valence electrons. The second-order valence-electron chi connectivity index (χ2n) is 5.74. The van der Waals surface area contributed by atoms with Crippen LogP contribution in [0.3, 0.4) is 0 Å². The van der Waals surface area contributed by atoms with Crippen molar-refractivity contribution in [3.63, 3.8) is 0 Å². The molecule has 1 N–H and O–H groups in total. The predicted molar refractivity (Wildman–Crippen MR) is 95.3 cm³/mol. The van der Waals surface area contributed by atoms with Crippen molar-refractivity contribution in [3.05, 3.63) is 64.7 Å². The molecule has 0 aromatic heterocycles. The number of hydrogen-bond donors (Lipinski definition) is 1. The third-order valence-corrected chi connectivity index (χ3v) is 4.46. The fourth-order valence-electron chi connectivity index (χ4n) is 3.11. The van der Waals surface area contributed by atoms with Crippen LogP contribution in [0.15, 0.2) is 48.5 Å². The van der Waals surface area contributed by atoms with Crippen LogP contribution in [-0.2, 0) is 0 Å². The second kappa shape index (κ2) is 7.82. The molecule has 3 rings (SSSR count). The van der Waals surface area contributed by atoms with E-state index in [4.69, 9.17) is 16.3 Å². The largest absolute Gasteiger partial charge is 0.494 e. The number of benzene rings is 2. The van der Waals surface area contributed by atoms with Gasteiger partial charge >= 0.3 is 0 Å². The van der Waals surface area contributed by atoms with E-state index in [1.807, 2.05) is 19.1 Å². The molecule has 1 fully saturated rings. The number of rotatable bonds is 5. The van der Waals surface area contributed by atoms with Crippen molar-refractivity contribution < 1.29 is 4.74 Å². The Labute approximate surface area is 143 Å². The number of ether oxygens (including phenoxy) is 1. The maximum Gasteiger partial charge on any atom is 0.119 e. The molecule has 2 aromatic rings. The van der Waals surface area contributed by atoms with Gasteiger partial charge in [-0.15, -0.1) is 0 Å². The molecule has 1 aliphatic rings. The maximum absolute atomic E-state index is 6.06. The highest BCUT2D eigenvalue weighted by molar-refractivity contribution is 6.30. The lowest BCUT2D eigenvalue weighted by atomic mass is 9.96. The number of hydrogen-bond acceptors (Lipinski definition) is 3. The molecule has 1 saturated heterocycles. The van der Waals surface area contributed by atoms with Gasteiger partial charge in [-0.05, 0) is 42.3 Å². The molecular weight excluding hydrogens is 308 g/mol. The highest BCUT2D eigenvalue weighted by atomic mass is 35.5. The van der Waals surface area contributed by atoms with Gasteiger partial charge < -0.3 is 10.1 Å². The number of halogens is 1. The van der Waals surface area contributed by atoms with E-state index < -0.39 is 0 Å². The normalized spacial score (nSPS) is 17.0. The van der Waals surface area contributed by atoms with Crippen LogP contribution in [0.5, 0.6) is 5.75 Å². The summed E-state index contributed by atoms with van der Waals surface area (Å²) in [5.74, 6) is 0.923. The summed E-state index contributed by atoms with van der Waals surface area (Å²) in [6.45, 7) is 6.84. The van der Waals surface area contributed by atoms with Crippen LogP contribution in [0, 0.1) is 0 Å². The minimum Gasteiger partial charge on any atom is -0.494 e. The van der Waals surface area contributed by atoms with Crippen molar-refractivity contribution in [2.75, 3.05) is 32.8 Å². The SMILES string of the molecule is CCOc1ccc(C(c2ccc(Cl)cc2)N2CCNCC2)cc1. The molecule has 0 bridgehead atoms. The molecule has 23 heavy (non-hydrogen) atoms. The molecule has 3 nitrogen and oxygen atoms in total. The van der Waals surface area contributed by atoms with Gasteiger partial charge in [0.25, 0.3) is 0 Å². The van der Waals surface area contributed by atoms with Crippen molar-refractivity contribution in [3.8, 4) is 5.75 Å². The topological polar surface area (TPSA) is 24.5 Å². The lowest BCUT2D eigenvalue weighted by Gasteiger charge is -2.35. The number of nitrogens with one attached hydrogen (secondary N) is 1. The summed E-state index contributed by atoms with van der Waals surface area (Å²) >= 11 is 6.06. The van der Waals surface area contributed by atoms with E-state index >= 15 is 0 Å². The Hall–Kier alpha value is -1.55. The van der Waals surface area contributed by atoms with E-state index in [-0.39, 0.29) is 6.04 Å². The summed E-state index contributed by atoms with van der Waals surface area (Å²) in [6.07, 6.45) is 0. The first-order valence-corrected chi connectivity index (χ1v) is 8.58. The monoisotopic (exact) mass is 330 g/mol. The first kappa shape index (κ1) is 16.3. The molecule has 0 saturated carbocycles. The Balaban J connectivity index is 1.91. The van der Waals surface area contributed by atoms with Crippen molar-refractivity contribution in [1.29, 1.82) is 0 Å². The maximum atomic E-state index is 6.06. The first-order valence-electron chi connectivity index (χ1n) is 8.21. The van der Waals surface area contributed by atoms with E-state index in [1.165, 1.54) is 11.1 Å². The standard InChI is InChI=1S/C19H23ClN2O/c1-2-23-18-9-5-16(6-10-18)19(22-13-11-21-12-14-22)15-3-7-17(20)8-4-15/h3-10,19,21H,2,11-14H2,1H3. The zero-order chi connectivity index (χ0) is 16.1. The van der Waals surface area contributed by atoms with Gasteiger partial charge in [-0.25, -0.2) is 0 Å². The van der Waals surface area contributed by atoms with Crippen LogP contribution in [0.2, 0.25) is 5.02 Å². The van der Waals surface area contributed by atoms with E-state index in [0.29, 0.717) is 6.61 Å². The Morgan fingerprint density at radius 2 is 1.57 bits per heavy atom. The number of piperazine rings is 1. The van der Waals surface area contributed by atoms with Gasteiger partial charge in [0, 0.05) is 31.2 Å². The molecule has 0 amide bonds. The molecule has 2 aromatic carbocycles. The Morgan fingerprint density at radius 1 is 1.00 bits per heavy atom. The summed E-state index contributed by atoms with van der Waals surface area (Å²) < 4.78 is 5.57. The first-order chi connectivity index (χ1) is 11.3. The fraction of sp³-hybridized carbons (Fsp3) is 0.368. The summed E-state index contributed by atoms with van der Waals surface area (Å²) in [6, 6.07) is 16.9. The molecule has 1 unspecified atom stereocenters. The quantitative estimate of drug-likeness (QED) is 0.904. The Kier molecular flexibility index (Phi) is 5.55. The predicted octanol–water partition coefficient (Wildman–Crippen LogP) is 3.73. The molecule has 1 atom stereocenters. The lowest BCUT2D eigenvalue weighted by Crippen LogP contribution is -2.45. The molecule has 0 aliphatic carbocycles. The van der Waals surface area contributed by atoms with Crippen LogP contribution in [0.4, 0.5) is 0 Å². The molecule has 0 radical (unpaired) electrons. The van der Waals surface area contributed by atoms with Gasteiger partial charge in [-0.3, -0.25) is 4.90 Å². The van der Waals surface area contributed by atoms with E-state index in [0.717, 1.165) is 37.0 Å². The highest BCUT2D eigenvalue weighted by Crippen LogP contribution is 2.30. The molecule has 1 heterocycles. The fourth-order valence-corrected chi connectivity index (χ4v) is 3.24. The van der Waals surface area contributed by atoms with E-state index in [9.17, 15) is 0 Å². The van der Waals surface area contributed by atoms with Gasteiger partial charge in [0.1, 0.15) is 5.75 Å². The highest BCUT2D eigenvalue weighted by Gasteiger charge is 2.23. The molecule has 1 aliphatic heterocycles. The van der Waals surface area contributed by atoms with Crippen LogP contribution in [-0.4, -0.2) is 37.7 Å². The third kappa shape index (κ3) is 4.05. The van der Waals surface area contributed by atoms with E-state index in [2.05, 4.69) is 46.6 Å². The average molecular weight is 331 g/mol. The van der Waals surface area contributed by atoms with Crippen molar-refractivity contribution >= 4 is 11.6 Å². The smallest absolute Gasteiger partial charge is 0.119 e. The second-order valence-corrected chi connectivity index (χ2v) is 6.18. The van der Waals surface area contributed by atoms with Gasteiger partial charge in [0.05, 0.1) is 12.6 Å². The van der Waals surface area contributed by atoms with Crippen LogP contribution >= 0.6 is 11.6 Å². The summed E-state index contributed by atoms with van der Waals surface area (Å²) in [4.78, 5) is 2.52. The molecule has 0 spiro atoms. The van der Waals surface area contributed by atoms with Gasteiger partial charge in [-0.1, -0.05) is 35.9 Å². The van der Waals surface area contributed by atoms with Crippen molar-refractivity contribution in [2.45, 2.75) is 13.0 Å². The van der Waals surface area contributed by atoms with Gasteiger partial charge in [0.2, 0.25) is 0 Å². The lowest BCUT2D eigenvalue weighted by molar-refractivity contribution is 0.198. The zero-order valence-corrected chi connectivity index (χ0v) is 14.2. The van der Waals surface area contributed by atoms with Crippen LogP contribution in [0.1, 0.15) is 24.1 Å². The molecule has 4 heteroatoms. The van der Waals surface area contributed by atoms with Crippen molar-refractivity contribution in [1.82, 2.24) is 10.2 Å². The average Bonchev–Trinajstić information content (AvgIpc) is 2.60. The minimum atomic E-state index is 0.255. The Morgan fingerprint density at radius 3 is 2.13 bits per heavy atom. The zero-order valence-electron chi connectivity index (χ0n) is 13.5. The molecular formula is C19H23ClN2O. The minimum absolute atomic E-state index is 0.255. The van der Waals surface area contributed by atoms with Gasteiger partial charge in [0.15, 0.2) is 0 Å². The van der Waals surface area contributed by atoms with E-state index in [1.54, 1.807) is 0 Å². The summed E-state index contributed by atoms with van der Waals surface area (Å²) in [7, 11) is 0. The van der Waals surface area contributed by atoms with Crippen molar-refractivity contribution in [2.24, 2.45) is 0 Å². The van der Waals surface area contributed by atoms with Gasteiger partial charge in [-0.2, -0.15) is 0 Å². The summed E-state index contributed by atoms with van der Waals surface area (Å²) in [5.41, 5.74) is 2.57. The van der Waals surface area contributed by atoms with Crippen LogP contribution < -0.4 is 10.1 Å². The number of nitrogens with zero attached hydrogens (tertiary/aromatic N) is 1.